The molecule has 0 aromatic heterocycles. The van der Waals surface area contributed by atoms with E-state index in [0.29, 0.717) is 5.75 Å². The number of carbonyl (C=O) groups excluding carboxylic acids is 2. The predicted octanol–water partition coefficient (Wildman–Crippen LogP) is 1.28. The molecule has 0 amide bonds. The summed E-state index contributed by atoms with van der Waals surface area (Å²) in [5.41, 5.74) is 0.0354. The van der Waals surface area contributed by atoms with E-state index >= 15 is 0 Å². The Balaban J connectivity index is 3.51. The molecule has 0 saturated heterocycles. The predicted molar refractivity (Wildman–Crippen MR) is 62.2 cm³/mol. The van der Waals surface area contributed by atoms with Crippen molar-refractivity contribution < 1.29 is 28.5 Å². The van der Waals surface area contributed by atoms with E-state index in [0.717, 1.165) is 0 Å². The summed E-state index contributed by atoms with van der Waals surface area (Å²) in [5.74, 6) is -0.802. The van der Waals surface area contributed by atoms with Crippen LogP contribution in [-0.4, -0.2) is 40.4 Å². The van der Waals surface area contributed by atoms with Gasteiger partial charge in [-0.25, -0.2) is 9.59 Å². The van der Waals surface area contributed by atoms with Gasteiger partial charge in [-0.05, 0) is 6.07 Å². The molecule has 1 rings (SSSR count). The molecule has 0 aliphatic rings. The number of carbonyl (C=O) groups is 2. The molecule has 0 saturated carbocycles. The van der Waals surface area contributed by atoms with Crippen LogP contribution in [0.25, 0.3) is 0 Å². The minimum Gasteiger partial charge on any atom is -0.497 e. The number of hydrogen-bond donors (Lipinski definition) is 0. The first-order valence-electron chi connectivity index (χ1n) is 5.01. The van der Waals surface area contributed by atoms with Crippen LogP contribution in [0.1, 0.15) is 20.7 Å². The number of hydrogen-bond acceptors (Lipinski definition) is 6. The van der Waals surface area contributed by atoms with E-state index in [9.17, 15) is 9.59 Å². The second-order valence-corrected chi connectivity index (χ2v) is 3.24. The highest BCUT2D eigenvalue weighted by Crippen LogP contribution is 2.29. The lowest BCUT2D eigenvalue weighted by Crippen LogP contribution is -2.13. The molecule has 0 aliphatic carbocycles. The minimum atomic E-state index is -0.685. The van der Waals surface area contributed by atoms with E-state index < -0.39 is 11.9 Å². The standard InChI is InChI=1S/C12H14O6/c1-15-7-5-8(11(13)17-3)10(12(14)18-4)9(6-7)16-2/h5-6H,1-4H3. The van der Waals surface area contributed by atoms with E-state index in [-0.39, 0.29) is 16.9 Å². The van der Waals surface area contributed by atoms with Gasteiger partial charge < -0.3 is 18.9 Å². The summed E-state index contributed by atoms with van der Waals surface area (Å²) in [4.78, 5) is 23.3. The van der Waals surface area contributed by atoms with Crippen molar-refractivity contribution >= 4 is 11.9 Å². The maximum absolute atomic E-state index is 11.7. The summed E-state index contributed by atoms with van der Waals surface area (Å²) >= 11 is 0. The number of benzene rings is 1. The molecular formula is C12H14O6. The smallest absolute Gasteiger partial charge is 0.342 e. The summed E-state index contributed by atoms with van der Waals surface area (Å²) < 4.78 is 19.3. The van der Waals surface area contributed by atoms with Gasteiger partial charge in [0.2, 0.25) is 0 Å². The van der Waals surface area contributed by atoms with Gasteiger partial charge in [-0.1, -0.05) is 0 Å². The lowest BCUT2D eigenvalue weighted by atomic mass is 10.1. The van der Waals surface area contributed by atoms with Crippen molar-refractivity contribution in [1.29, 1.82) is 0 Å². The lowest BCUT2D eigenvalue weighted by molar-refractivity contribution is 0.0551. The summed E-state index contributed by atoms with van der Waals surface area (Å²) in [5, 5.41) is 0. The summed E-state index contributed by atoms with van der Waals surface area (Å²) in [6.45, 7) is 0. The van der Waals surface area contributed by atoms with Gasteiger partial charge in [0.25, 0.3) is 0 Å². The quantitative estimate of drug-likeness (QED) is 0.754. The molecule has 0 heterocycles. The lowest BCUT2D eigenvalue weighted by Gasteiger charge is -2.12. The molecule has 6 heteroatoms. The molecule has 6 nitrogen and oxygen atoms in total. The normalized spacial score (nSPS) is 9.56. The third kappa shape index (κ3) is 2.53. The van der Waals surface area contributed by atoms with Crippen LogP contribution in [-0.2, 0) is 9.47 Å². The van der Waals surface area contributed by atoms with Crippen molar-refractivity contribution in [1.82, 2.24) is 0 Å². The fourth-order valence-corrected chi connectivity index (χ4v) is 1.45. The zero-order valence-corrected chi connectivity index (χ0v) is 10.6. The zero-order chi connectivity index (χ0) is 13.7. The average Bonchev–Trinajstić information content (AvgIpc) is 2.43. The fraction of sp³-hybridized carbons (Fsp3) is 0.333. The molecule has 0 aliphatic heterocycles. The maximum atomic E-state index is 11.7. The molecule has 0 N–H and O–H groups in total. The first-order valence-corrected chi connectivity index (χ1v) is 5.01. The van der Waals surface area contributed by atoms with E-state index in [1.54, 1.807) is 0 Å². The van der Waals surface area contributed by atoms with E-state index in [4.69, 9.17) is 9.47 Å². The topological polar surface area (TPSA) is 71.1 Å². The van der Waals surface area contributed by atoms with Crippen LogP contribution >= 0.6 is 0 Å². The first-order chi connectivity index (χ1) is 8.58. The van der Waals surface area contributed by atoms with Crippen molar-refractivity contribution in [2.75, 3.05) is 28.4 Å². The second kappa shape index (κ2) is 5.90. The fourth-order valence-electron chi connectivity index (χ4n) is 1.45. The van der Waals surface area contributed by atoms with Crippen LogP contribution in [0.15, 0.2) is 12.1 Å². The van der Waals surface area contributed by atoms with Crippen molar-refractivity contribution in [2.45, 2.75) is 0 Å². The molecule has 0 radical (unpaired) electrons. The Morgan fingerprint density at radius 1 is 0.889 bits per heavy atom. The molecular weight excluding hydrogens is 240 g/mol. The highest BCUT2D eigenvalue weighted by atomic mass is 16.5. The van der Waals surface area contributed by atoms with Gasteiger partial charge in [-0.2, -0.15) is 0 Å². The average molecular weight is 254 g/mol. The van der Waals surface area contributed by atoms with Crippen LogP contribution in [0.4, 0.5) is 0 Å². The molecule has 0 spiro atoms. The van der Waals surface area contributed by atoms with Gasteiger partial charge in [-0.3, -0.25) is 0 Å². The van der Waals surface area contributed by atoms with E-state index in [2.05, 4.69) is 9.47 Å². The Kier molecular flexibility index (Phi) is 4.53. The third-order valence-electron chi connectivity index (χ3n) is 2.33. The molecule has 0 bridgehead atoms. The zero-order valence-electron chi connectivity index (χ0n) is 10.6. The largest absolute Gasteiger partial charge is 0.497 e. The van der Waals surface area contributed by atoms with Crippen LogP contribution in [0.5, 0.6) is 11.5 Å². The minimum absolute atomic E-state index is 0.00708. The molecule has 1 aromatic carbocycles. The SMILES string of the molecule is COC(=O)c1cc(OC)cc(OC)c1C(=O)OC. The summed E-state index contributed by atoms with van der Waals surface area (Å²) in [7, 11) is 5.25. The number of ether oxygens (including phenoxy) is 4. The number of rotatable bonds is 4. The van der Waals surface area contributed by atoms with Gasteiger partial charge in [0.05, 0.1) is 34.0 Å². The Bertz CT molecular complexity index is 466. The van der Waals surface area contributed by atoms with Gasteiger partial charge in [0, 0.05) is 6.07 Å². The van der Waals surface area contributed by atoms with Gasteiger partial charge in [0.1, 0.15) is 17.1 Å². The Labute approximate surface area is 104 Å². The molecule has 0 unspecified atom stereocenters. The van der Waals surface area contributed by atoms with Crippen LogP contribution in [0.2, 0.25) is 0 Å². The number of esters is 2. The Morgan fingerprint density at radius 2 is 1.50 bits per heavy atom. The van der Waals surface area contributed by atoms with Gasteiger partial charge in [-0.15, -0.1) is 0 Å². The third-order valence-corrected chi connectivity index (χ3v) is 2.33. The van der Waals surface area contributed by atoms with Gasteiger partial charge >= 0.3 is 11.9 Å². The monoisotopic (exact) mass is 254 g/mol. The second-order valence-electron chi connectivity index (χ2n) is 3.24. The van der Waals surface area contributed by atoms with Crippen molar-refractivity contribution in [3.63, 3.8) is 0 Å². The Hall–Kier alpha value is -2.24. The molecule has 0 atom stereocenters. The number of methoxy groups -OCH3 is 4. The molecule has 1 aromatic rings. The summed E-state index contributed by atoms with van der Waals surface area (Å²) in [6, 6.07) is 2.87. The Morgan fingerprint density at radius 3 is 1.94 bits per heavy atom. The van der Waals surface area contributed by atoms with Crippen molar-refractivity contribution in [3.05, 3.63) is 23.3 Å². The van der Waals surface area contributed by atoms with Crippen molar-refractivity contribution in [3.8, 4) is 11.5 Å². The van der Waals surface area contributed by atoms with Gasteiger partial charge in [0.15, 0.2) is 0 Å². The highest BCUT2D eigenvalue weighted by Gasteiger charge is 2.24. The molecule has 98 valence electrons. The molecule has 0 fully saturated rings. The summed E-state index contributed by atoms with van der Waals surface area (Å²) in [6.07, 6.45) is 0. The maximum Gasteiger partial charge on any atom is 0.342 e. The highest BCUT2D eigenvalue weighted by molar-refractivity contribution is 6.05. The van der Waals surface area contributed by atoms with E-state index in [1.165, 1.54) is 40.6 Å². The van der Waals surface area contributed by atoms with Crippen molar-refractivity contribution in [2.24, 2.45) is 0 Å². The first kappa shape index (κ1) is 13.8. The molecule has 18 heavy (non-hydrogen) atoms. The van der Waals surface area contributed by atoms with Crippen LogP contribution in [0.3, 0.4) is 0 Å². The van der Waals surface area contributed by atoms with Crippen LogP contribution in [0, 0.1) is 0 Å². The van der Waals surface area contributed by atoms with Crippen LogP contribution < -0.4 is 9.47 Å². The van der Waals surface area contributed by atoms with E-state index in [1.807, 2.05) is 0 Å².